The minimum absolute atomic E-state index is 0.0249. The lowest BCUT2D eigenvalue weighted by atomic mass is 9.95. The summed E-state index contributed by atoms with van der Waals surface area (Å²) in [5.41, 5.74) is -3.65. The molecule has 2 aromatic rings. The van der Waals surface area contributed by atoms with Gasteiger partial charge >= 0.3 is 6.18 Å². The Hall–Kier alpha value is -3.25. The molecule has 4 rings (SSSR count). The van der Waals surface area contributed by atoms with Gasteiger partial charge in [-0.3, -0.25) is 20.2 Å². The normalized spacial score (nSPS) is 17.9. The molecule has 0 unspecified atom stereocenters. The molecule has 30 heavy (non-hydrogen) atoms. The number of nitro groups is 2. The van der Waals surface area contributed by atoms with Crippen molar-refractivity contribution in [3.05, 3.63) is 50.1 Å². The molecule has 0 atom stereocenters. The standard InChI is InChI=1S/C17H17F3N6O4/c18-17(19,20)11-7-13(25(27)28)15(14(8-11)26(29)30)23-5-3-10(4-6-23)16-22-21-9-24(16)12-1-2-12/h7-10,12H,1-6H2. The van der Waals surface area contributed by atoms with E-state index >= 15 is 0 Å². The van der Waals surface area contributed by atoms with E-state index < -0.39 is 33.0 Å². The molecule has 1 aliphatic heterocycles. The highest BCUT2D eigenvalue weighted by Crippen LogP contribution is 2.45. The number of halogens is 3. The summed E-state index contributed by atoms with van der Waals surface area (Å²) in [6.45, 7) is 0.435. The minimum atomic E-state index is -4.94. The first-order chi connectivity index (χ1) is 14.2. The molecule has 160 valence electrons. The van der Waals surface area contributed by atoms with Gasteiger partial charge < -0.3 is 9.47 Å². The lowest BCUT2D eigenvalue weighted by Crippen LogP contribution is -2.34. The molecular formula is C17H17F3N6O4. The van der Waals surface area contributed by atoms with Crippen LogP contribution in [-0.2, 0) is 6.18 Å². The van der Waals surface area contributed by atoms with Crippen molar-refractivity contribution in [2.75, 3.05) is 18.0 Å². The number of alkyl halides is 3. The maximum absolute atomic E-state index is 13.1. The van der Waals surface area contributed by atoms with Gasteiger partial charge in [0.1, 0.15) is 12.2 Å². The maximum atomic E-state index is 13.1. The van der Waals surface area contributed by atoms with Crippen molar-refractivity contribution in [3.8, 4) is 0 Å². The number of nitrogens with zero attached hydrogens (tertiary/aromatic N) is 6. The molecule has 0 amide bonds. The zero-order chi connectivity index (χ0) is 21.6. The van der Waals surface area contributed by atoms with Gasteiger partial charge in [-0.2, -0.15) is 13.2 Å². The van der Waals surface area contributed by atoms with Crippen LogP contribution in [0.15, 0.2) is 18.5 Å². The van der Waals surface area contributed by atoms with Crippen LogP contribution >= 0.6 is 0 Å². The largest absolute Gasteiger partial charge is 0.416 e. The monoisotopic (exact) mass is 426 g/mol. The molecule has 1 aliphatic carbocycles. The molecule has 0 bridgehead atoms. The predicted molar refractivity (Wildman–Crippen MR) is 97.2 cm³/mol. The van der Waals surface area contributed by atoms with Crippen molar-refractivity contribution in [2.24, 2.45) is 0 Å². The Labute approximate surface area is 167 Å². The number of hydrogen-bond acceptors (Lipinski definition) is 7. The summed E-state index contributed by atoms with van der Waals surface area (Å²) in [5, 5.41) is 31.1. The van der Waals surface area contributed by atoms with Crippen LogP contribution in [0.4, 0.5) is 30.2 Å². The van der Waals surface area contributed by atoms with Gasteiger partial charge in [0.2, 0.25) is 0 Å². The predicted octanol–water partition coefficient (Wildman–Crippen LogP) is 3.83. The topological polar surface area (TPSA) is 120 Å². The van der Waals surface area contributed by atoms with Gasteiger partial charge in [-0.1, -0.05) is 0 Å². The SMILES string of the molecule is O=[N+]([O-])c1cc(C(F)(F)F)cc([N+](=O)[O-])c1N1CCC(c2nncn2C2CC2)CC1. The molecule has 1 aromatic heterocycles. The zero-order valence-corrected chi connectivity index (χ0v) is 15.6. The van der Waals surface area contributed by atoms with E-state index in [1.807, 2.05) is 4.57 Å². The molecule has 1 saturated heterocycles. The molecule has 0 N–H and O–H groups in total. The smallest absolute Gasteiger partial charge is 0.360 e. The third kappa shape index (κ3) is 3.66. The van der Waals surface area contributed by atoms with Crippen LogP contribution in [0.5, 0.6) is 0 Å². The number of hydrogen-bond donors (Lipinski definition) is 0. The summed E-state index contributed by atoms with van der Waals surface area (Å²) in [4.78, 5) is 22.3. The van der Waals surface area contributed by atoms with Gasteiger partial charge in [0.15, 0.2) is 5.69 Å². The Bertz CT molecular complexity index is 961. The second-order valence-corrected chi connectivity index (χ2v) is 7.46. The zero-order valence-electron chi connectivity index (χ0n) is 15.6. The first-order valence-corrected chi connectivity index (χ1v) is 9.35. The Morgan fingerprint density at radius 1 is 1.00 bits per heavy atom. The van der Waals surface area contributed by atoms with Gasteiger partial charge in [0.25, 0.3) is 11.4 Å². The quantitative estimate of drug-likeness (QED) is 0.526. The van der Waals surface area contributed by atoms with E-state index in [0.717, 1.165) is 18.7 Å². The van der Waals surface area contributed by atoms with E-state index in [-0.39, 0.29) is 24.7 Å². The fourth-order valence-corrected chi connectivity index (χ4v) is 3.91. The highest BCUT2D eigenvalue weighted by Gasteiger charge is 2.40. The Kier molecular flexibility index (Phi) is 4.82. The summed E-state index contributed by atoms with van der Waals surface area (Å²) in [5.74, 6) is 0.838. The molecule has 1 saturated carbocycles. The highest BCUT2D eigenvalue weighted by molar-refractivity contribution is 5.76. The minimum Gasteiger partial charge on any atom is -0.360 e. The van der Waals surface area contributed by atoms with E-state index in [4.69, 9.17) is 0 Å². The van der Waals surface area contributed by atoms with E-state index in [0.29, 0.717) is 31.0 Å². The Balaban J connectivity index is 1.64. The number of nitro benzene ring substituents is 2. The number of piperidine rings is 1. The third-order valence-corrected chi connectivity index (χ3v) is 5.51. The van der Waals surface area contributed by atoms with Crippen LogP contribution in [0, 0.1) is 20.2 Å². The van der Waals surface area contributed by atoms with Gasteiger partial charge in [-0.05, 0) is 25.7 Å². The molecule has 2 aliphatic rings. The fraction of sp³-hybridized carbons (Fsp3) is 0.529. The van der Waals surface area contributed by atoms with E-state index in [1.165, 1.54) is 4.90 Å². The second kappa shape index (κ2) is 7.22. The maximum Gasteiger partial charge on any atom is 0.416 e. The van der Waals surface area contributed by atoms with E-state index in [9.17, 15) is 33.4 Å². The lowest BCUT2D eigenvalue weighted by molar-refractivity contribution is -0.393. The van der Waals surface area contributed by atoms with E-state index in [1.54, 1.807) is 6.33 Å². The molecule has 2 fully saturated rings. The van der Waals surface area contributed by atoms with Gasteiger partial charge in [-0.25, -0.2) is 0 Å². The average molecular weight is 426 g/mol. The lowest BCUT2D eigenvalue weighted by Gasteiger charge is -2.32. The van der Waals surface area contributed by atoms with Crippen LogP contribution in [0.25, 0.3) is 0 Å². The molecule has 1 aromatic carbocycles. The molecule has 0 spiro atoms. The molecule has 2 heterocycles. The number of rotatable bonds is 5. The Morgan fingerprint density at radius 3 is 2.03 bits per heavy atom. The summed E-state index contributed by atoms with van der Waals surface area (Å²) in [6, 6.07) is 1.10. The number of anilines is 1. The second-order valence-electron chi connectivity index (χ2n) is 7.46. The van der Waals surface area contributed by atoms with Crippen LogP contribution in [0.3, 0.4) is 0 Å². The van der Waals surface area contributed by atoms with Crippen LogP contribution in [0.1, 0.15) is 49.0 Å². The molecule has 13 heteroatoms. The van der Waals surface area contributed by atoms with Gasteiger partial charge in [0, 0.05) is 37.2 Å². The molecule has 0 radical (unpaired) electrons. The highest BCUT2D eigenvalue weighted by atomic mass is 19.4. The van der Waals surface area contributed by atoms with Crippen LogP contribution in [-0.4, -0.2) is 37.7 Å². The third-order valence-electron chi connectivity index (χ3n) is 5.51. The van der Waals surface area contributed by atoms with Gasteiger partial charge in [-0.15, -0.1) is 10.2 Å². The summed E-state index contributed by atoms with van der Waals surface area (Å²) >= 11 is 0. The summed E-state index contributed by atoms with van der Waals surface area (Å²) < 4.78 is 41.3. The summed E-state index contributed by atoms with van der Waals surface area (Å²) in [7, 11) is 0. The van der Waals surface area contributed by atoms with Crippen LogP contribution in [0.2, 0.25) is 0 Å². The average Bonchev–Trinajstić information content (AvgIpc) is 3.42. The van der Waals surface area contributed by atoms with Gasteiger partial charge in [0.05, 0.1) is 15.4 Å². The van der Waals surface area contributed by atoms with Crippen molar-refractivity contribution < 1.29 is 23.0 Å². The van der Waals surface area contributed by atoms with Crippen molar-refractivity contribution >= 4 is 17.1 Å². The number of aromatic nitrogens is 3. The number of benzene rings is 1. The van der Waals surface area contributed by atoms with Crippen molar-refractivity contribution in [2.45, 2.75) is 43.8 Å². The van der Waals surface area contributed by atoms with Crippen molar-refractivity contribution in [1.29, 1.82) is 0 Å². The summed E-state index contributed by atoms with van der Waals surface area (Å²) in [6.07, 6.45) is -0.165. The molecular weight excluding hydrogens is 409 g/mol. The molecule has 10 nitrogen and oxygen atoms in total. The fourth-order valence-electron chi connectivity index (χ4n) is 3.91. The van der Waals surface area contributed by atoms with E-state index in [2.05, 4.69) is 10.2 Å². The van der Waals surface area contributed by atoms with Crippen molar-refractivity contribution in [3.63, 3.8) is 0 Å². The Morgan fingerprint density at radius 2 is 1.57 bits per heavy atom. The van der Waals surface area contributed by atoms with Crippen molar-refractivity contribution in [1.82, 2.24) is 14.8 Å². The van der Waals surface area contributed by atoms with Crippen LogP contribution < -0.4 is 4.90 Å². The first-order valence-electron chi connectivity index (χ1n) is 9.35. The first kappa shape index (κ1) is 20.0.